The van der Waals surface area contributed by atoms with Crippen LogP contribution in [0.4, 0.5) is 0 Å². The molecule has 1 saturated heterocycles. The van der Waals surface area contributed by atoms with Gasteiger partial charge < -0.3 is 10.2 Å². The van der Waals surface area contributed by atoms with E-state index in [0.717, 1.165) is 22.4 Å². The quantitative estimate of drug-likeness (QED) is 0.715. The molecule has 0 radical (unpaired) electrons. The number of nitrogens with one attached hydrogen (secondary N) is 2. The topological polar surface area (TPSA) is 70.9 Å². The lowest BCUT2D eigenvalue weighted by atomic mass is 10.1. The Hall–Kier alpha value is -1.44. The van der Waals surface area contributed by atoms with Gasteiger partial charge in [-0.3, -0.25) is 4.79 Å². The standard InChI is InChI=1S/C19H31N3O3S/c1-15(2)7-8-20-19(23)14-21-9-11-22(12-10-21)26(24,25)18-6-5-16(3)13-17(18)4/h5-6,13,15H,7-12,14H2,1-4H3,(H,20,23)/p+1. The second-order valence-electron chi connectivity index (χ2n) is 7.63. The molecule has 2 rings (SSSR count). The Kier molecular flexibility index (Phi) is 7.20. The van der Waals surface area contributed by atoms with Gasteiger partial charge in [-0.2, -0.15) is 4.31 Å². The molecule has 1 aromatic rings. The van der Waals surface area contributed by atoms with Crippen LogP contribution < -0.4 is 10.2 Å². The third-order valence-electron chi connectivity index (χ3n) is 4.83. The molecule has 7 heteroatoms. The number of amides is 1. The van der Waals surface area contributed by atoms with E-state index in [9.17, 15) is 13.2 Å². The van der Waals surface area contributed by atoms with E-state index >= 15 is 0 Å². The largest absolute Gasteiger partial charge is 0.351 e. The van der Waals surface area contributed by atoms with Crippen LogP contribution in [-0.2, 0) is 14.8 Å². The van der Waals surface area contributed by atoms with Crippen molar-refractivity contribution in [3.05, 3.63) is 29.3 Å². The Morgan fingerprint density at radius 2 is 1.88 bits per heavy atom. The molecule has 0 spiro atoms. The van der Waals surface area contributed by atoms with Crippen LogP contribution in [0.15, 0.2) is 23.1 Å². The molecule has 1 aromatic carbocycles. The number of carbonyl (C=O) groups excluding carboxylic acids is 1. The number of carbonyl (C=O) groups is 1. The highest BCUT2D eigenvalue weighted by Gasteiger charge is 2.31. The summed E-state index contributed by atoms with van der Waals surface area (Å²) in [5, 5.41) is 2.95. The molecule has 0 aromatic heterocycles. The van der Waals surface area contributed by atoms with Crippen LogP contribution in [0.1, 0.15) is 31.4 Å². The molecule has 26 heavy (non-hydrogen) atoms. The molecule has 1 fully saturated rings. The maximum Gasteiger partial charge on any atom is 0.275 e. The highest BCUT2D eigenvalue weighted by molar-refractivity contribution is 7.89. The number of sulfonamides is 1. The minimum atomic E-state index is -3.47. The molecule has 1 amide bonds. The molecule has 146 valence electrons. The first kappa shape index (κ1) is 20.9. The van der Waals surface area contributed by atoms with Crippen LogP contribution in [0.25, 0.3) is 0 Å². The van der Waals surface area contributed by atoms with E-state index < -0.39 is 10.0 Å². The average Bonchev–Trinajstić information content (AvgIpc) is 2.54. The zero-order valence-electron chi connectivity index (χ0n) is 16.3. The summed E-state index contributed by atoms with van der Waals surface area (Å²) in [6.45, 7) is 11.4. The molecule has 0 atom stereocenters. The van der Waals surface area contributed by atoms with Gasteiger partial charge in [0.25, 0.3) is 5.91 Å². The van der Waals surface area contributed by atoms with Crippen LogP contribution in [0.3, 0.4) is 0 Å². The Labute approximate surface area is 157 Å². The second kappa shape index (κ2) is 8.97. The fourth-order valence-corrected chi connectivity index (χ4v) is 4.88. The lowest BCUT2D eigenvalue weighted by Crippen LogP contribution is -3.15. The fourth-order valence-electron chi connectivity index (χ4n) is 3.24. The first-order valence-corrected chi connectivity index (χ1v) is 10.8. The van der Waals surface area contributed by atoms with Gasteiger partial charge in [0.15, 0.2) is 6.54 Å². The summed E-state index contributed by atoms with van der Waals surface area (Å²) in [6, 6.07) is 5.43. The van der Waals surface area contributed by atoms with Crippen LogP contribution in [0.2, 0.25) is 0 Å². The summed E-state index contributed by atoms with van der Waals surface area (Å²) in [5.74, 6) is 0.618. The molecule has 6 nitrogen and oxygen atoms in total. The molecule has 0 saturated carbocycles. The second-order valence-corrected chi connectivity index (χ2v) is 9.54. The smallest absolute Gasteiger partial charge is 0.275 e. The van der Waals surface area contributed by atoms with Crippen molar-refractivity contribution in [1.82, 2.24) is 9.62 Å². The number of rotatable bonds is 7. The highest BCUT2D eigenvalue weighted by Crippen LogP contribution is 2.20. The van der Waals surface area contributed by atoms with Crippen molar-refractivity contribution in [2.24, 2.45) is 5.92 Å². The van der Waals surface area contributed by atoms with Crippen LogP contribution in [-0.4, -0.2) is 57.9 Å². The van der Waals surface area contributed by atoms with Gasteiger partial charge in [-0.05, 0) is 37.8 Å². The van der Waals surface area contributed by atoms with Crippen molar-refractivity contribution in [1.29, 1.82) is 0 Å². The number of aryl methyl sites for hydroxylation is 2. The Morgan fingerprint density at radius 3 is 2.46 bits per heavy atom. The lowest BCUT2D eigenvalue weighted by Gasteiger charge is -2.31. The van der Waals surface area contributed by atoms with Crippen molar-refractivity contribution in [3.8, 4) is 0 Å². The van der Waals surface area contributed by atoms with E-state index in [2.05, 4.69) is 19.2 Å². The molecule has 0 unspecified atom stereocenters. The highest BCUT2D eigenvalue weighted by atomic mass is 32.2. The van der Waals surface area contributed by atoms with Crippen LogP contribution >= 0.6 is 0 Å². The Morgan fingerprint density at radius 1 is 1.23 bits per heavy atom. The summed E-state index contributed by atoms with van der Waals surface area (Å²) < 4.78 is 27.3. The van der Waals surface area contributed by atoms with Crippen molar-refractivity contribution in [2.75, 3.05) is 39.3 Å². The minimum absolute atomic E-state index is 0.0475. The molecular weight excluding hydrogens is 350 g/mol. The van der Waals surface area contributed by atoms with Gasteiger partial charge in [0, 0.05) is 6.54 Å². The molecule has 1 heterocycles. The van der Waals surface area contributed by atoms with Crippen molar-refractivity contribution in [3.63, 3.8) is 0 Å². The zero-order chi connectivity index (χ0) is 19.3. The monoisotopic (exact) mass is 382 g/mol. The van der Waals surface area contributed by atoms with Gasteiger partial charge in [0.05, 0.1) is 31.1 Å². The maximum atomic E-state index is 12.9. The van der Waals surface area contributed by atoms with E-state index in [4.69, 9.17) is 0 Å². The number of benzene rings is 1. The van der Waals surface area contributed by atoms with Gasteiger partial charge in [0.2, 0.25) is 10.0 Å². The normalized spacial score (nSPS) is 16.8. The van der Waals surface area contributed by atoms with Crippen LogP contribution in [0.5, 0.6) is 0 Å². The van der Waals surface area contributed by atoms with Crippen molar-refractivity contribution >= 4 is 15.9 Å². The van der Waals surface area contributed by atoms with Crippen LogP contribution in [0, 0.1) is 19.8 Å². The van der Waals surface area contributed by atoms with E-state index in [-0.39, 0.29) is 5.91 Å². The molecule has 1 aliphatic rings. The first-order chi connectivity index (χ1) is 12.2. The van der Waals surface area contributed by atoms with Crippen molar-refractivity contribution in [2.45, 2.75) is 39.0 Å². The third kappa shape index (κ3) is 5.53. The van der Waals surface area contributed by atoms with Crippen molar-refractivity contribution < 1.29 is 18.1 Å². The number of quaternary nitrogens is 1. The summed E-state index contributed by atoms with van der Waals surface area (Å²) in [4.78, 5) is 13.5. The summed E-state index contributed by atoms with van der Waals surface area (Å²) in [6.07, 6.45) is 0.975. The number of piperazine rings is 1. The SMILES string of the molecule is Cc1ccc(S(=O)(=O)N2CC[NH+](CC(=O)NCCC(C)C)CC2)c(C)c1. The first-order valence-electron chi connectivity index (χ1n) is 9.38. The predicted octanol–water partition coefficient (Wildman–Crippen LogP) is 0.355. The Bertz CT molecular complexity index is 724. The molecular formula is C19H32N3O3S+. The van der Waals surface area contributed by atoms with E-state index in [0.29, 0.717) is 50.1 Å². The van der Waals surface area contributed by atoms with E-state index in [1.54, 1.807) is 10.4 Å². The number of hydrogen-bond donors (Lipinski definition) is 2. The lowest BCUT2D eigenvalue weighted by molar-refractivity contribution is -0.895. The molecule has 0 aliphatic carbocycles. The molecule has 0 bridgehead atoms. The number of hydrogen-bond acceptors (Lipinski definition) is 3. The van der Waals surface area contributed by atoms with Gasteiger partial charge in [-0.15, -0.1) is 0 Å². The summed E-state index contributed by atoms with van der Waals surface area (Å²) in [5.41, 5.74) is 1.84. The van der Waals surface area contributed by atoms with Gasteiger partial charge in [-0.25, -0.2) is 8.42 Å². The summed E-state index contributed by atoms with van der Waals surface area (Å²) >= 11 is 0. The van der Waals surface area contributed by atoms with Gasteiger partial charge in [-0.1, -0.05) is 31.5 Å². The van der Waals surface area contributed by atoms with Gasteiger partial charge in [0.1, 0.15) is 0 Å². The third-order valence-corrected chi connectivity index (χ3v) is 6.89. The average molecular weight is 383 g/mol. The molecule has 2 N–H and O–H groups in total. The zero-order valence-corrected chi connectivity index (χ0v) is 17.2. The minimum Gasteiger partial charge on any atom is -0.351 e. The summed E-state index contributed by atoms with van der Waals surface area (Å²) in [7, 11) is -3.47. The van der Waals surface area contributed by atoms with E-state index in [1.165, 1.54) is 0 Å². The van der Waals surface area contributed by atoms with E-state index in [1.807, 2.05) is 26.0 Å². The molecule has 1 aliphatic heterocycles. The maximum absolute atomic E-state index is 12.9. The predicted molar refractivity (Wildman–Crippen MR) is 103 cm³/mol. The Balaban J connectivity index is 1.88. The van der Waals surface area contributed by atoms with Gasteiger partial charge >= 0.3 is 0 Å². The number of nitrogens with zero attached hydrogens (tertiary/aromatic N) is 1. The fraction of sp³-hybridized carbons (Fsp3) is 0.632.